The van der Waals surface area contributed by atoms with Crippen LogP contribution in [-0.2, 0) is 0 Å². The van der Waals surface area contributed by atoms with Gasteiger partial charge in [0.05, 0.1) is 7.11 Å². The predicted octanol–water partition coefficient (Wildman–Crippen LogP) is -1.61. The molecule has 2 nitrogen and oxygen atoms in total. The Kier molecular flexibility index (Phi) is 5.39. The Balaban J connectivity index is 0. The first-order valence-electron chi connectivity index (χ1n) is 2.72. The monoisotopic (exact) mass is 163 g/mol. The smallest absolute Gasteiger partial charge is 1.00 e. The first-order chi connectivity index (χ1) is 4.33. The van der Waals surface area contributed by atoms with Crippen LogP contribution in [0.4, 0.5) is 5.69 Å². The Bertz CT molecular complexity index is 190. The third kappa shape index (κ3) is 3.03. The molecule has 0 fully saturated rings. The van der Waals surface area contributed by atoms with Crippen molar-refractivity contribution in [3.05, 3.63) is 24.3 Å². The van der Waals surface area contributed by atoms with Gasteiger partial charge in [-0.15, -0.1) is 0 Å². The minimum atomic E-state index is 0. The van der Waals surface area contributed by atoms with E-state index in [9.17, 15) is 0 Å². The summed E-state index contributed by atoms with van der Waals surface area (Å²) in [5.74, 6) is 0.837. The minimum absolute atomic E-state index is 0. The summed E-state index contributed by atoms with van der Waals surface area (Å²) >= 11 is 0. The van der Waals surface area contributed by atoms with E-state index >= 15 is 0 Å². The zero-order chi connectivity index (χ0) is 6.69. The summed E-state index contributed by atoms with van der Waals surface area (Å²) in [4.78, 5) is 0. The molecule has 0 saturated carbocycles. The molecular weight excluding hydrogens is 153 g/mol. The van der Waals surface area contributed by atoms with E-state index in [1.807, 2.05) is 12.1 Å². The van der Waals surface area contributed by atoms with Crippen molar-refractivity contribution in [1.82, 2.24) is 0 Å². The number of anilines is 1. The zero-order valence-electron chi connectivity index (χ0n) is 7.29. The Hall–Kier alpha value is 0.456. The summed E-state index contributed by atoms with van der Waals surface area (Å²) in [5, 5.41) is 0. The average molecular weight is 163 g/mol. The quantitative estimate of drug-likeness (QED) is 0.399. The number of ether oxygens (including phenoxy) is 1. The molecule has 0 aliphatic carbocycles. The van der Waals surface area contributed by atoms with Gasteiger partial charge in [-0.3, -0.25) is 0 Å². The van der Waals surface area contributed by atoms with E-state index in [1.165, 1.54) is 0 Å². The molecule has 0 aliphatic rings. The number of hydrogen-bond acceptors (Lipinski definition) is 2. The van der Waals surface area contributed by atoms with E-state index < -0.39 is 0 Å². The van der Waals surface area contributed by atoms with Gasteiger partial charge in [0.2, 0.25) is 0 Å². The maximum Gasteiger partial charge on any atom is 1.00 e. The Morgan fingerprint density at radius 3 is 2.20 bits per heavy atom. The van der Waals surface area contributed by atoms with Crippen LogP contribution in [0.15, 0.2) is 24.3 Å². The molecule has 0 aliphatic heterocycles. The molecule has 1 aromatic rings. The van der Waals surface area contributed by atoms with Crippen molar-refractivity contribution in [3.63, 3.8) is 0 Å². The van der Waals surface area contributed by atoms with Crippen LogP contribution >= 0.6 is 0 Å². The third-order valence-electron chi connectivity index (χ3n) is 1.12. The van der Waals surface area contributed by atoms with Crippen LogP contribution in [-0.4, -0.2) is 7.11 Å². The second-order valence-corrected chi connectivity index (χ2v) is 1.77. The van der Waals surface area contributed by atoms with Gasteiger partial charge in [-0.1, -0.05) is 0 Å². The first-order valence-corrected chi connectivity index (χ1v) is 2.72. The van der Waals surface area contributed by atoms with Gasteiger partial charge in [0.1, 0.15) is 5.75 Å². The molecule has 1 aromatic carbocycles. The fourth-order valence-corrected chi connectivity index (χ4v) is 0.604. The van der Waals surface area contributed by atoms with Crippen molar-refractivity contribution in [2.24, 2.45) is 0 Å². The van der Waals surface area contributed by atoms with E-state index in [0.717, 1.165) is 11.4 Å². The molecule has 0 spiro atoms. The summed E-state index contributed by atoms with van der Waals surface area (Å²) < 4.78 is 4.91. The standard InChI is InChI=1S/C7H9NO.K.H/c1-9-7-4-2-6(8)3-5-7;;/h2-5H,8H2,1H3;;/q;+1;-1. The second-order valence-electron chi connectivity index (χ2n) is 1.77. The molecule has 0 unspecified atom stereocenters. The summed E-state index contributed by atoms with van der Waals surface area (Å²) in [6.45, 7) is 0. The van der Waals surface area contributed by atoms with Gasteiger partial charge in [-0.25, -0.2) is 0 Å². The number of rotatable bonds is 1. The summed E-state index contributed by atoms with van der Waals surface area (Å²) in [6.07, 6.45) is 0. The van der Waals surface area contributed by atoms with Crippen molar-refractivity contribution < 1.29 is 57.5 Å². The summed E-state index contributed by atoms with van der Waals surface area (Å²) in [6, 6.07) is 7.27. The van der Waals surface area contributed by atoms with Crippen molar-refractivity contribution in [2.75, 3.05) is 12.8 Å². The van der Waals surface area contributed by atoms with Gasteiger partial charge >= 0.3 is 51.4 Å². The maximum atomic E-state index is 5.43. The average Bonchev–Trinajstić information content (AvgIpc) is 1.90. The number of benzene rings is 1. The summed E-state index contributed by atoms with van der Waals surface area (Å²) in [7, 11) is 1.63. The van der Waals surface area contributed by atoms with Crippen molar-refractivity contribution >= 4 is 5.69 Å². The molecule has 3 heteroatoms. The molecule has 0 saturated heterocycles. The van der Waals surface area contributed by atoms with Crippen LogP contribution in [0.25, 0.3) is 0 Å². The van der Waals surface area contributed by atoms with Crippen molar-refractivity contribution in [1.29, 1.82) is 0 Å². The van der Waals surface area contributed by atoms with Crippen molar-refractivity contribution in [2.45, 2.75) is 0 Å². The molecular formula is C7H10KNO. The second kappa shape index (κ2) is 5.15. The fraction of sp³-hybridized carbons (Fsp3) is 0.143. The van der Waals surface area contributed by atoms with Crippen LogP contribution < -0.4 is 61.9 Å². The van der Waals surface area contributed by atoms with E-state index in [0.29, 0.717) is 0 Å². The number of methoxy groups -OCH3 is 1. The van der Waals surface area contributed by atoms with Gasteiger partial charge in [-0.2, -0.15) is 0 Å². The van der Waals surface area contributed by atoms with Crippen LogP contribution in [0.5, 0.6) is 5.75 Å². The molecule has 2 N–H and O–H groups in total. The van der Waals surface area contributed by atoms with Crippen LogP contribution in [0.1, 0.15) is 1.43 Å². The van der Waals surface area contributed by atoms with Crippen LogP contribution in [0.2, 0.25) is 0 Å². The molecule has 0 aromatic heterocycles. The van der Waals surface area contributed by atoms with E-state index in [4.69, 9.17) is 10.5 Å². The maximum absolute atomic E-state index is 5.43. The van der Waals surface area contributed by atoms with E-state index in [-0.39, 0.29) is 52.8 Å². The fourth-order valence-electron chi connectivity index (χ4n) is 0.604. The molecule has 1 rings (SSSR count). The van der Waals surface area contributed by atoms with Gasteiger partial charge in [0.15, 0.2) is 0 Å². The molecule has 0 bridgehead atoms. The zero-order valence-corrected chi connectivity index (χ0v) is 9.42. The Morgan fingerprint density at radius 1 is 1.30 bits per heavy atom. The molecule has 0 radical (unpaired) electrons. The van der Waals surface area contributed by atoms with E-state index in [1.54, 1.807) is 19.2 Å². The molecule has 50 valence electrons. The number of nitrogen functional groups attached to an aromatic ring is 1. The van der Waals surface area contributed by atoms with Crippen LogP contribution in [0, 0.1) is 0 Å². The SMILES string of the molecule is COc1ccc(N)cc1.[H-].[K+]. The first kappa shape index (κ1) is 10.5. The Morgan fingerprint density at radius 2 is 1.80 bits per heavy atom. The molecule has 0 heterocycles. The topological polar surface area (TPSA) is 35.2 Å². The van der Waals surface area contributed by atoms with Crippen LogP contribution in [0.3, 0.4) is 0 Å². The third-order valence-corrected chi connectivity index (χ3v) is 1.12. The largest absolute Gasteiger partial charge is 1.00 e. The number of nitrogens with two attached hydrogens (primary N) is 1. The number of hydrogen-bond donors (Lipinski definition) is 1. The Labute approximate surface area is 105 Å². The summed E-state index contributed by atoms with van der Waals surface area (Å²) in [5.41, 5.74) is 6.19. The van der Waals surface area contributed by atoms with Gasteiger partial charge in [-0.05, 0) is 24.3 Å². The van der Waals surface area contributed by atoms with Gasteiger partial charge < -0.3 is 11.9 Å². The molecule has 0 amide bonds. The predicted molar refractivity (Wildman–Crippen MR) is 38.5 cm³/mol. The van der Waals surface area contributed by atoms with Gasteiger partial charge in [0, 0.05) is 5.69 Å². The molecule has 10 heavy (non-hydrogen) atoms. The normalized spacial score (nSPS) is 8.10. The van der Waals surface area contributed by atoms with Crippen molar-refractivity contribution in [3.8, 4) is 5.75 Å². The molecule has 0 atom stereocenters. The van der Waals surface area contributed by atoms with Gasteiger partial charge in [0.25, 0.3) is 0 Å². The van der Waals surface area contributed by atoms with E-state index in [2.05, 4.69) is 0 Å². The minimum Gasteiger partial charge on any atom is -1.00 e.